The van der Waals surface area contributed by atoms with Gasteiger partial charge in [0.15, 0.2) is 0 Å². The van der Waals surface area contributed by atoms with Gasteiger partial charge < -0.3 is 15.4 Å². The zero-order valence-corrected chi connectivity index (χ0v) is 17.2. The Bertz CT molecular complexity index is 1020. The summed E-state index contributed by atoms with van der Waals surface area (Å²) in [6.07, 6.45) is -4.34. The summed E-state index contributed by atoms with van der Waals surface area (Å²) in [5.74, 6) is 0. The molecule has 2 N–H and O–H groups in total. The Labute approximate surface area is 178 Å². The number of benzene rings is 2. The molecule has 2 aromatic carbocycles. The average molecular weight is 432 g/mol. The van der Waals surface area contributed by atoms with Gasteiger partial charge in [-0.1, -0.05) is 42.5 Å². The number of nitrogens with zero attached hydrogens (tertiary/aromatic N) is 2. The molecule has 0 fully saturated rings. The van der Waals surface area contributed by atoms with Crippen LogP contribution in [-0.2, 0) is 17.9 Å². The van der Waals surface area contributed by atoms with Crippen LogP contribution in [0.2, 0.25) is 0 Å². The fraction of sp³-hybridized carbons (Fsp3) is 0.273. The average Bonchev–Trinajstić information content (AvgIpc) is 3.01. The third kappa shape index (κ3) is 6.32. The van der Waals surface area contributed by atoms with E-state index in [0.29, 0.717) is 16.9 Å². The van der Waals surface area contributed by atoms with Gasteiger partial charge in [-0.15, -0.1) is 0 Å². The normalized spacial score (nSPS) is 11.4. The molecule has 0 aliphatic carbocycles. The summed E-state index contributed by atoms with van der Waals surface area (Å²) in [5.41, 5.74) is 4.47. The Hall–Kier alpha value is -3.33. The number of carbonyl (C=O) groups is 1. The second kappa shape index (κ2) is 9.65. The lowest BCUT2D eigenvalue weighted by molar-refractivity contribution is -0.176. The first-order chi connectivity index (χ1) is 14.7. The summed E-state index contributed by atoms with van der Waals surface area (Å²) in [4.78, 5) is 12.4. The summed E-state index contributed by atoms with van der Waals surface area (Å²) >= 11 is 0. The third-order valence-corrected chi connectivity index (χ3v) is 4.54. The van der Waals surface area contributed by atoms with Crippen molar-refractivity contribution in [3.8, 4) is 5.69 Å². The molecular weight excluding hydrogens is 409 g/mol. The molecule has 0 aliphatic rings. The number of alkyl halides is 3. The van der Waals surface area contributed by atoms with Gasteiger partial charge in [0, 0.05) is 6.54 Å². The fourth-order valence-electron chi connectivity index (χ4n) is 3.02. The van der Waals surface area contributed by atoms with E-state index < -0.39 is 12.8 Å². The number of urea groups is 1. The Balaban J connectivity index is 1.53. The summed E-state index contributed by atoms with van der Waals surface area (Å²) < 4.78 is 42.7. The summed E-state index contributed by atoms with van der Waals surface area (Å²) in [5, 5.41) is 10.1. The number of aromatic nitrogens is 2. The number of anilines is 1. The monoisotopic (exact) mass is 432 g/mol. The number of aryl methyl sites for hydroxylation is 1. The summed E-state index contributed by atoms with van der Waals surface area (Å²) in [6, 6.07) is 16.0. The standard InChI is InChI=1S/C22H23F3N4O2/c1-15-20(16(2)29(28-15)19-6-4-3-5-7-19)27-21(30)26-12-17-8-10-18(11-9-17)13-31-14-22(23,24)25/h3-11H,12-14H2,1-2H3,(H2,26,27,30). The maximum absolute atomic E-state index is 12.4. The number of nitrogens with one attached hydrogen (secondary N) is 2. The molecule has 0 spiro atoms. The van der Waals surface area contributed by atoms with Crippen molar-refractivity contribution in [2.24, 2.45) is 0 Å². The fourth-order valence-corrected chi connectivity index (χ4v) is 3.02. The molecule has 0 atom stereocenters. The lowest BCUT2D eigenvalue weighted by atomic mass is 10.1. The molecule has 0 saturated carbocycles. The number of ether oxygens (including phenoxy) is 1. The molecule has 0 aliphatic heterocycles. The van der Waals surface area contributed by atoms with Crippen LogP contribution in [0.3, 0.4) is 0 Å². The van der Waals surface area contributed by atoms with Crippen molar-refractivity contribution >= 4 is 11.7 Å². The van der Waals surface area contributed by atoms with E-state index in [4.69, 9.17) is 0 Å². The van der Waals surface area contributed by atoms with Crippen molar-refractivity contribution in [1.82, 2.24) is 15.1 Å². The zero-order valence-electron chi connectivity index (χ0n) is 17.2. The number of hydrogen-bond acceptors (Lipinski definition) is 3. The highest BCUT2D eigenvalue weighted by molar-refractivity contribution is 5.90. The molecule has 1 aromatic heterocycles. The van der Waals surface area contributed by atoms with Crippen molar-refractivity contribution in [2.75, 3.05) is 11.9 Å². The van der Waals surface area contributed by atoms with Gasteiger partial charge in [-0.25, -0.2) is 9.48 Å². The third-order valence-electron chi connectivity index (χ3n) is 4.54. The van der Waals surface area contributed by atoms with Gasteiger partial charge in [0.05, 0.1) is 29.4 Å². The number of halogens is 3. The van der Waals surface area contributed by atoms with Crippen molar-refractivity contribution in [2.45, 2.75) is 33.2 Å². The first-order valence-corrected chi connectivity index (χ1v) is 9.62. The molecule has 2 amide bonds. The van der Waals surface area contributed by atoms with Crippen LogP contribution in [-0.4, -0.2) is 28.6 Å². The maximum Gasteiger partial charge on any atom is 0.411 e. The van der Waals surface area contributed by atoms with Gasteiger partial charge in [0.1, 0.15) is 6.61 Å². The lowest BCUT2D eigenvalue weighted by Crippen LogP contribution is -2.28. The van der Waals surface area contributed by atoms with Gasteiger partial charge in [0.2, 0.25) is 0 Å². The maximum atomic E-state index is 12.4. The van der Waals surface area contributed by atoms with Crippen molar-refractivity contribution in [3.63, 3.8) is 0 Å². The minimum absolute atomic E-state index is 0.127. The predicted octanol–water partition coefficient (Wildman–Crippen LogP) is 4.89. The zero-order chi connectivity index (χ0) is 22.4. The molecule has 0 unspecified atom stereocenters. The highest BCUT2D eigenvalue weighted by atomic mass is 19.4. The highest BCUT2D eigenvalue weighted by Crippen LogP contribution is 2.22. The first kappa shape index (κ1) is 22.4. The molecule has 164 valence electrons. The van der Waals surface area contributed by atoms with E-state index in [1.54, 1.807) is 28.9 Å². The van der Waals surface area contributed by atoms with E-state index in [1.807, 2.05) is 44.2 Å². The van der Waals surface area contributed by atoms with Crippen molar-refractivity contribution in [3.05, 3.63) is 77.1 Å². The second-order valence-corrected chi connectivity index (χ2v) is 7.03. The minimum atomic E-state index is -4.34. The molecule has 31 heavy (non-hydrogen) atoms. The van der Waals surface area contributed by atoms with Gasteiger partial charge in [-0.3, -0.25) is 0 Å². The van der Waals surface area contributed by atoms with E-state index in [2.05, 4.69) is 20.5 Å². The lowest BCUT2D eigenvalue weighted by Gasteiger charge is -2.10. The van der Waals surface area contributed by atoms with E-state index in [0.717, 1.165) is 16.9 Å². The Kier molecular flexibility index (Phi) is 6.96. The summed E-state index contributed by atoms with van der Waals surface area (Å²) in [6.45, 7) is 2.55. The second-order valence-electron chi connectivity index (χ2n) is 7.03. The van der Waals surface area contributed by atoms with Gasteiger partial charge in [0.25, 0.3) is 0 Å². The summed E-state index contributed by atoms with van der Waals surface area (Å²) in [7, 11) is 0. The van der Waals surface area contributed by atoms with Crippen LogP contribution in [0.5, 0.6) is 0 Å². The van der Waals surface area contributed by atoms with Gasteiger partial charge in [-0.05, 0) is 37.1 Å². The quantitative estimate of drug-likeness (QED) is 0.559. The van der Waals surface area contributed by atoms with E-state index in [9.17, 15) is 18.0 Å². The van der Waals surface area contributed by atoms with Crippen molar-refractivity contribution in [1.29, 1.82) is 0 Å². The van der Waals surface area contributed by atoms with Crippen LogP contribution < -0.4 is 10.6 Å². The number of carbonyl (C=O) groups excluding carboxylic acids is 1. The van der Waals surface area contributed by atoms with Gasteiger partial charge in [-0.2, -0.15) is 18.3 Å². The SMILES string of the molecule is Cc1nn(-c2ccccc2)c(C)c1NC(=O)NCc1ccc(COCC(F)(F)F)cc1. The molecule has 3 aromatic rings. The Morgan fingerprint density at radius 1 is 1.03 bits per heavy atom. The molecule has 3 rings (SSSR count). The largest absolute Gasteiger partial charge is 0.411 e. The topological polar surface area (TPSA) is 68.2 Å². The van der Waals surface area contributed by atoms with Crippen LogP contribution in [0, 0.1) is 13.8 Å². The molecule has 1 heterocycles. The van der Waals surface area contributed by atoms with Crippen LogP contribution in [0.15, 0.2) is 54.6 Å². The number of para-hydroxylation sites is 1. The minimum Gasteiger partial charge on any atom is -0.367 e. The smallest absolute Gasteiger partial charge is 0.367 e. The van der Waals surface area contributed by atoms with E-state index >= 15 is 0 Å². The molecular formula is C22H23F3N4O2. The molecule has 0 bridgehead atoms. The predicted molar refractivity (Wildman–Crippen MR) is 111 cm³/mol. The van der Waals surface area contributed by atoms with Crippen LogP contribution in [0.1, 0.15) is 22.5 Å². The molecule has 0 saturated heterocycles. The molecule has 9 heteroatoms. The van der Waals surface area contributed by atoms with E-state index in [-0.39, 0.29) is 19.2 Å². The molecule has 6 nitrogen and oxygen atoms in total. The van der Waals surface area contributed by atoms with Crippen LogP contribution in [0.4, 0.5) is 23.7 Å². The van der Waals surface area contributed by atoms with Crippen LogP contribution in [0.25, 0.3) is 5.69 Å². The van der Waals surface area contributed by atoms with Crippen molar-refractivity contribution < 1.29 is 22.7 Å². The Morgan fingerprint density at radius 3 is 2.32 bits per heavy atom. The highest BCUT2D eigenvalue weighted by Gasteiger charge is 2.27. The molecule has 0 radical (unpaired) electrons. The first-order valence-electron chi connectivity index (χ1n) is 9.62. The van der Waals surface area contributed by atoms with Crippen LogP contribution >= 0.6 is 0 Å². The number of amides is 2. The van der Waals surface area contributed by atoms with Gasteiger partial charge >= 0.3 is 12.2 Å². The number of hydrogen-bond donors (Lipinski definition) is 2. The number of rotatable bonds is 7. The Morgan fingerprint density at radius 2 is 1.68 bits per heavy atom. The van der Waals surface area contributed by atoms with E-state index in [1.165, 1.54) is 0 Å².